The fraction of sp³-hybridized carbons (Fsp3) is 0.333. The first kappa shape index (κ1) is 9.16. The second-order valence-electron chi connectivity index (χ2n) is 2.79. The zero-order chi connectivity index (χ0) is 9.14. The van der Waals surface area contributed by atoms with Gasteiger partial charge in [-0.05, 0) is 13.0 Å². The summed E-state index contributed by atoms with van der Waals surface area (Å²) in [4.78, 5) is 0. The lowest BCUT2D eigenvalue weighted by molar-refractivity contribution is 0.162. The number of hydrogen-bond acceptors (Lipinski definition) is 2. The van der Waals surface area contributed by atoms with E-state index in [9.17, 15) is 4.39 Å². The number of hydrogen-bond donors (Lipinski definition) is 2. The molecule has 0 aliphatic heterocycles. The van der Waals surface area contributed by atoms with Gasteiger partial charge in [0.1, 0.15) is 5.82 Å². The first-order valence-electron chi connectivity index (χ1n) is 3.81. The molecular weight excluding hydrogens is 157 g/mol. The molecule has 0 saturated carbocycles. The number of aliphatic hydroxyl groups excluding tert-OH is 1. The van der Waals surface area contributed by atoms with Crippen LogP contribution in [0.5, 0.6) is 0 Å². The van der Waals surface area contributed by atoms with E-state index in [0.29, 0.717) is 5.56 Å². The molecule has 0 amide bonds. The van der Waals surface area contributed by atoms with Crippen LogP contribution in [0, 0.1) is 5.82 Å². The molecular formula is C9H12FNO. The van der Waals surface area contributed by atoms with Crippen LogP contribution < -0.4 is 5.73 Å². The zero-order valence-electron chi connectivity index (χ0n) is 6.87. The molecule has 1 aromatic rings. The summed E-state index contributed by atoms with van der Waals surface area (Å²) in [6.07, 6.45) is -0.734. The third kappa shape index (κ3) is 1.81. The standard InChI is InChI=1S/C9H12FNO/c1-6(12)9(11)7-4-2-3-5-8(7)10/h2-6,9,12H,11H2,1H3/t6-,9-/m0/s1. The molecule has 0 fully saturated rings. The molecule has 0 bridgehead atoms. The molecule has 3 N–H and O–H groups in total. The smallest absolute Gasteiger partial charge is 0.128 e. The number of nitrogens with two attached hydrogens (primary N) is 1. The third-order valence-corrected chi connectivity index (χ3v) is 1.78. The van der Waals surface area contributed by atoms with Crippen LogP contribution in [0.1, 0.15) is 18.5 Å². The molecule has 0 saturated heterocycles. The summed E-state index contributed by atoms with van der Waals surface area (Å²) in [7, 11) is 0. The first-order chi connectivity index (χ1) is 5.63. The highest BCUT2D eigenvalue weighted by atomic mass is 19.1. The van der Waals surface area contributed by atoms with Crippen molar-refractivity contribution in [1.29, 1.82) is 0 Å². The third-order valence-electron chi connectivity index (χ3n) is 1.78. The summed E-state index contributed by atoms with van der Waals surface area (Å²) in [5, 5.41) is 9.11. The van der Waals surface area contributed by atoms with Crippen LogP contribution in [0.4, 0.5) is 4.39 Å². The van der Waals surface area contributed by atoms with E-state index in [-0.39, 0.29) is 5.82 Å². The highest BCUT2D eigenvalue weighted by molar-refractivity contribution is 5.21. The monoisotopic (exact) mass is 169 g/mol. The predicted molar refractivity (Wildman–Crippen MR) is 45.0 cm³/mol. The quantitative estimate of drug-likeness (QED) is 0.699. The predicted octanol–water partition coefficient (Wildman–Crippen LogP) is 1.21. The van der Waals surface area contributed by atoms with Crippen molar-refractivity contribution in [2.75, 3.05) is 0 Å². The Morgan fingerprint density at radius 1 is 1.42 bits per heavy atom. The van der Waals surface area contributed by atoms with E-state index in [1.54, 1.807) is 18.2 Å². The molecule has 2 atom stereocenters. The normalized spacial score (nSPS) is 15.7. The summed E-state index contributed by atoms with van der Waals surface area (Å²) >= 11 is 0. The van der Waals surface area contributed by atoms with E-state index in [1.807, 2.05) is 0 Å². The summed E-state index contributed by atoms with van der Waals surface area (Å²) in [6, 6.07) is 5.55. The highest BCUT2D eigenvalue weighted by Gasteiger charge is 2.14. The topological polar surface area (TPSA) is 46.2 Å². The van der Waals surface area contributed by atoms with Crippen LogP contribution in [0.3, 0.4) is 0 Å². The Bertz CT molecular complexity index is 262. The Labute approximate surface area is 70.8 Å². The Balaban J connectivity index is 2.94. The molecule has 0 radical (unpaired) electrons. The van der Waals surface area contributed by atoms with Crippen LogP contribution in [-0.4, -0.2) is 11.2 Å². The van der Waals surface area contributed by atoms with Gasteiger partial charge in [0.2, 0.25) is 0 Å². The Morgan fingerprint density at radius 2 is 2.00 bits per heavy atom. The highest BCUT2D eigenvalue weighted by Crippen LogP contribution is 2.16. The van der Waals surface area contributed by atoms with Gasteiger partial charge in [-0.1, -0.05) is 18.2 Å². The van der Waals surface area contributed by atoms with Crippen LogP contribution in [-0.2, 0) is 0 Å². The number of rotatable bonds is 2. The lowest BCUT2D eigenvalue weighted by atomic mass is 10.0. The average molecular weight is 169 g/mol. The van der Waals surface area contributed by atoms with Gasteiger partial charge in [-0.25, -0.2) is 4.39 Å². The SMILES string of the molecule is C[C@H](O)[C@H](N)c1ccccc1F. The van der Waals surface area contributed by atoms with E-state index in [4.69, 9.17) is 10.8 Å². The van der Waals surface area contributed by atoms with Gasteiger partial charge in [-0.15, -0.1) is 0 Å². The molecule has 0 aromatic heterocycles. The molecule has 1 aromatic carbocycles. The Kier molecular flexibility index (Phi) is 2.78. The lowest BCUT2D eigenvalue weighted by Gasteiger charge is -2.15. The summed E-state index contributed by atoms with van der Waals surface area (Å²) in [6.45, 7) is 1.54. The van der Waals surface area contributed by atoms with Crippen molar-refractivity contribution in [2.45, 2.75) is 19.1 Å². The van der Waals surface area contributed by atoms with Gasteiger partial charge >= 0.3 is 0 Å². The molecule has 0 aliphatic carbocycles. The van der Waals surface area contributed by atoms with E-state index < -0.39 is 12.1 Å². The van der Waals surface area contributed by atoms with Crippen molar-refractivity contribution in [2.24, 2.45) is 5.73 Å². The molecule has 12 heavy (non-hydrogen) atoms. The van der Waals surface area contributed by atoms with E-state index in [1.165, 1.54) is 13.0 Å². The summed E-state index contributed by atoms with van der Waals surface area (Å²) < 4.78 is 13.0. The van der Waals surface area contributed by atoms with Crippen molar-refractivity contribution in [3.8, 4) is 0 Å². The van der Waals surface area contributed by atoms with E-state index in [2.05, 4.69) is 0 Å². The molecule has 0 unspecified atom stereocenters. The van der Waals surface area contributed by atoms with Gasteiger partial charge in [0, 0.05) is 5.56 Å². The average Bonchev–Trinajstić information content (AvgIpc) is 2.04. The van der Waals surface area contributed by atoms with Gasteiger partial charge < -0.3 is 10.8 Å². The fourth-order valence-electron chi connectivity index (χ4n) is 1.01. The maximum atomic E-state index is 13.0. The van der Waals surface area contributed by atoms with Gasteiger partial charge in [-0.2, -0.15) is 0 Å². The van der Waals surface area contributed by atoms with Crippen LogP contribution >= 0.6 is 0 Å². The number of benzene rings is 1. The summed E-state index contributed by atoms with van der Waals surface area (Å²) in [5.74, 6) is -0.370. The molecule has 2 nitrogen and oxygen atoms in total. The molecule has 0 spiro atoms. The minimum Gasteiger partial charge on any atom is -0.391 e. The molecule has 0 heterocycles. The van der Waals surface area contributed by atoms with Crippen molar-refractivity contribution in [1.82, 2.24) is 0 Å². The van der Waals surface area contributed by atoms with E-state index in [0.717, 1.165) is 0 Å². The largest absolute Gasteiger partial charge is 0.391 e. The van der Waals surface area contributed by atoms with Crippen molar-refractivity contribution in [3.05, 3.63) is 35.6 Å². The van der Waals surface area contributed by atoms with Crippen molar-refractivity contribution >= 4 is 0 Å². The Hall–Kier alpha value is -0.930. The molecule has 66 valence electrons. The fourth-order valence-corrected chi connectivity index (χ4v) is 1.01. The van der Waals surface area contributed by atoms with Crippen LogP contribution in [0.15, 0.2) is 24.3 Å². The lowest BCUT2D eigenvalue weighted by Crippen LogP contribution is -2.24. The maximum Gasteiger partial charge on any atom is 0.128 e. The number of aliphatic hydroxyl groups is 1. The van der Waals surface area contributed by atoms with Gasteiger partial charge in [0.05, 0.1) is 12.1 Å². The second kappa shape index (κ2) is 3.65. The maximum absolute atomic E-state index is 13.0. The second-order valence-corrected chi connectivity index (χ2v) is 2.79. The first-order valence-corrected chi connectivity index (χ1v) is 3.81. The molecule has 0 aliphatic rings. The number of halogens is 1. The zero-order valence-corrected chi connectivity index (χ0v) is 6.87. The van der Waals surface area contributed by atoms with Crippen LogP contribution in [0.25, 0.3) is 0 Å². The van der Waals surface area contributed by atoms with Gasteiger partial charge in [0.15, 0.2) is 0 Å². The summed E-state index contributed by atoms with van der Waals surface area (Å²) in [5.41, 5.74) is 5.90. The Morgan fingerprint density at radius 3 is 2.50 bits per heavy atom. The van der Waals surface area contributed by atoms with Crippen molar-refractivity contribution < 1.29 is 9.50 Å². The molecule has 1 rings (SSSR count). The van der Waals surface area contributed by atoms with Crippen molar-refractivity contribution in [3.63, 3.8) is 0 Å². The minimum absolute atomic E-state index is 0.354. The van der Waals surface area contributed by atoms with E-state index >= 15 is 0 Å². The molecule has 3 heteroatoms. The van der Waals surface area contributed by atoms with Gasteiger partial charge in [0.25, 0.3) is 0 Å². The van der Waals surface area contributed by atoms with Gasteiger partial charge in [-0.3, -0.25) is 0 Å². The minimum atomic E-state index is -0.734. The van der Waals surface area contributed by atoms with Crippen LogP contribution in [0.2, 0.25) is 0 Å².